The average molecular weight is 251 g/mol. The molecule has 2 heteroatoms. The van der Waals surface area contributed by atoms with E-state index in [-0.39, 0.29) is 40.1 Å². The molecule has 1 heterocycles. The first-order valence-electron chi connectivity index (χ1n) is 3.24. The van der Waals surface area contributed by atoms with E-state index in [1.165, 1.54) is 15.6 Å². The Morgan fingerprint density at radius 2 is 1.92 bits per heavy atom. The topological polar surface area (TPSA) is 0 Å². The van der Waals surface area contributed by atoms with E-state index in [1.54, 1.807) is 11.3 Å². The van der Waals surface area contributed by atoms with Crippen LogP contribution in [0.2, 0.25) is 0 Å². The molecule has 0 nitrogen and oxygen atoms in total. The van der Waals surface area contributed by atoms with Crippen LogP contribution in [0.4, 0.5) is 0 Å². The molecule has 0 aliphatic carbocycles. The summed E-state index contributed by atoms with van der Waals surface area (Å²) in [4.78, 5) is 1.36. The summed E-state index contributed by atoms with van der Waals surface area (Å²) in [6.45, 7) is 2.13. The van der Waals surface area contributed by atoms with Crippen molar-refractivity contribution in [2.24, 2.45) is 0 Å². The maximum atomic E-state index is 3.23. The zero-order chi connectivity index (χ0) is 6.97. The van der Waals surface area contributed by atoms with Crippen LogP contribution < -0.4 is 0 Å². The number of fused-ring (bicyclic) bond motifs is 1. The van der Waals surface area contributed by atoms with Crippen LogP contribution in [0.3, 0.4) is 0 Å². The maximum Gasteiger partial charge on any atom is 0 e. The van der Waals surface area contributed by atoms with Gasteiger partial charge in [-0.25, -0.2) is 0 Å². The Morgan fingerprint density at radius 1 is 1.25 bits per heavy atom. The van der Waals surface area contributed by atoms with Gasteiger partial charge in [-0.1, -0.05) is 18.4 Å². The smallest absolute Gasteiger partial charge is 0 e. The SMILES string of the molecule is Cc1s[c-]c2ccccc12.[CH3-].[Y]. The van der Waals surface area contributed by atoms with Crippen molar-refractivity contribution in [3.05, 3.63) is 41.9 Å². The Labute approximate surface area is 103 Å². The minimum atomic E-state index is 0. The van der Waals surface area contributed by atoms with Crippen LogP contribution in [0.1, 0.15) is 4.88 Å². The molecule has 1 aromatic carbocycles. The number of benzene rings is 1. The summed E-state index contributed by atoms with van der Waals surface area (Å²) >= 11 is 1.69. The van der Waals surface area contributed by atoms with Gasteiger partial charge in [0.2, 0.25) is 0 Å². The number of rotatable bonds is 0. The van der Waals surface area contributed by atoms with Gasteiger partial charge < -0.3 is 7.43 Å². The third-order valence-electron chi connectivity index (χ3n) is 1.62. The third-order valence-corrected chi connectivity index (χ3v) is 2.47. The van der Waals surface area contributed by atoms with Crippen molar-refractivity contribution < 1.29 is 32.7 Å². The molecule has 0 aliphatic heterocycles. The van der Waals surface area contributed by atoms with Crippen LogP contribution in [0, 0.1) is 19.7 Å². The Kier molecular flexibility index (Phi) is 5.23. The average Bonchev–Trinajstić information content (AvgIpc) is 2.34. The van der Waals surface area contributed by atoms with Gasteiger partial charge >= 0.3 is 0 Å². The third kappa shape index (κ3) is 2.15. The summed E-state index contributed by atoms with van der Waals surface area (Å²) in [6.07, 6.45) is 0. The van der Waals surface area contributed by atoms with Crippen LogP contribution in [0.25, 0.3) is 10.8 Å². The molecule has 12 heavy (non-hydrogen) atoms. The fraction of sp³-hybridized carbons (Fsp3) is 0.100. The normalized spacial score (nSPS) is 8.75. The zero-order valence-electron chi connectivity index (χ0n) is 7.29. The van der Waals surface area contributed by atoms with E-state index in [0.717, 1.165) is 0 Å². The molecule has 0 amide bonds. The predicted molar refractivity (Wildman–Crippen MR) is 51.8 cm³/mol. The first-order chi connectivity index (χ1) is 4.88. The molecule has 0 atom stereocenters. The molecule has 1 radical (unpaired) electrons. The summed E-state index contributed by atoms with van der Waals surface area (Å²) < 4.78 is 0. The monoisotopic (exact) mass is 251 g/mol. The second-order valence-corrected chi connectivity index (χ2v) is 3.33. The van der Waals surface area contributed by atoms with Crippen molar-refractivity contribution in [2.75, 3.05) is 0 Å². The molecular formula is C10H10SY-2. The molecule has 0 N–H and O–H groups in total. The van der Waals surface area contributed by atoms with Crippen LogP contribution >= 0.6 is 11.3 Å². The van der Waals surface area contributed by atoms with Gasteiger partial charge in [0.25, 0.3) is 0 Å². The van der Waals surface area contributed by atoms with Gasteiger partial charge in [0.1, 0.15) is 0 Å². The standard InChI is InChI=1S/C9H7S.CH3.Y/c1-7-9-5-3-2-4-8(9)6-10-7;;/h2-5H,1H3;1H3;/q2*-1;. The molecular weight excluding hydrogens is 241 g/mol. The van der Waals surface area contributed by atoms with Gasteiger partial charge in [-0.15, -0.1) is 33.8 Å². The first-order valence-corrected chi connectivity index (χ1v) is 4.05. The quantitative estimate of drug-likeness (QED) is 0.629. The van der Waals surface area contributed by atoms with E-state index in [2.05, 4.69) is 30.5 Å². The molecule has 2 rings (SSSR count). The van der Waals surface area contributed by atoms with Crippen LogP contribution in [-0.4, -0.2) is 0 Å². The van der Waals surface area contributed by atoms with E-state index < -0.39 is 0 Å². The van der Waals surface area contributed by atoms with Crippen molar-refractivity contribution in [2.45, 2.75) is 6.92 Å². The fourth-order valence-corrected chi connectivity index (χ4v) is 1.79. The molecule has 0 bridgehead atoms. The van der Waals surface area contributed by atoms with Crippen molar-refractivity contribution in [3.63, 3.8) is 0 Å². The minimum absolute atomic E-state index is 0. The Bertz CT molecular complexity index is 351. The van der Waals surface area contributed by atoms with Crippen LogP contribution in [-0.2, 0) is 32.7 Å². The Morgan fingerprint density at radius 3 is 2.58 bits per heavy atom. The van der Waals surface area contributed by atoms with Crippen LogP contribution in [0.15, 0.2) is 24.3 Å². The number of hydrogen-bond donors (Lipinski definition) is 0. The maximum absolute atomic E-state index is 3.23. The minimum Gasteiger partial charge on any atom is -0.358 e. The summed E-state index contributed by atoms with van der Waals surface area (Å²) in [5.41, 5.74) is 0. The summed E-state index contributed by atoms with van der Waals surface area (Å²) in [5, 5.41) is 5.81. The molecule has 1 aromatic heterocycles. The van der Waals surface area contributed by atoms with E-state index in [1.807, 2.05) is 6.07 Å². The van der Waals surface area contributed by atoms with Gasteiger partial charge in [-0.2, -0.15) is 0 Å². The Balaban J connectivity index is 0.000000605. The van der Waals surface area contributed by atoms with Gasteiger partial charge in [0, 0.05) is 32.7 Å². The fourth-order valence-electron chi connectivity index (χ4n) is 1.07. The molecule has 0 saturated carbocycles. The summed E-state index contributed by atoms with van der Waals surface area (Å²) in [7, 11) is 0. The zero-order valence-corrected chi connectivity index (χ0v) is 10.9. The van der Waals surface area contributed by atoms with E-state index in [4.69, 9.17) is 0 Å². The molecule has 0 aliphatic rings. The second-order valence-electron chi connectivity index (χ2n) is 2.31. The molecule has 61 valence electrons. The van der Waals surface area contributed by atoms with Gasteiger partial charge in [0.15, 0.2) is 0 Å². The Hall–Kier alpha value is 0.284. The van der Waals surface area contributed by atoms with Crippen LogP contribution in [0.5, 0.6) is 0 Å². The van der Waals surface area contributed by atoms with E-state index in [9.17, 15) is 0 Å². The molecule has 0 fully saturated rings. The second kappa shape index (κ2) is 5.11. The number of hydrogen-bond acceptors (Lipinski definition) is 1. The van der Waals surface area contributed by atoms with Crippen molar-refractivity contribution in [1.82, 2.24) is 0 Å². The van der Waals surface area contributed by atoms with Gasteiger partial charge in [-0.3, -0.25) is 11.3 Å². The molecule has 0 saturated heterocycles. The van der Waals surface area contributed by atoms with Gasteiger partial charge in [-0.05, 0) is 0 Å². The first kappa shape index (κ1) is 12.3. The van der Waals surface area contributed by atoms with Crippen molar-refractivity contribution in [1.29, 1.82) is 0 Å². The molecule has 0 spiro atoms. The summed E-state index contributed by atoms with van der Waals surface area (Å²) in [5.74, 6) is 0. The van der Waals surface area contributed by atoms with Crippen molar-refractivity contribution >= 4 is 22.1 Å². The molecule has 0 unspecified atom stereocenters. The molecule has 2 aromatic rings. The predicted octanol–water partition coefficient (Wildman–Crippen LogP) is 3.46. The number of aryl methyl sites for hydroxylation is 1. The van der Waals surface area contributed by atoms with E-state index >= 15 is 0 Å². The largest absolute Gasteiger partial charge is 0.358 e. The number of thiophene rings is 1. The van der Waals surface area contributed by atoms with Gasteiger partial charge in [0.05, 0.1) is 0 Å². The summed E-state index contributed by atoms with van der Waals surface area (Å²) in [6, 6.07) is 8.34. The van der Waals surface area contributed by atoms with E-state index in [0.29, 0.717) is 0 Å². The van der Waals surface area contributed by atoms with Crippen molar-refractivity contribution in [3.8, 4) is 0 Å².